The number of hydrogen-bond donors (Lipinski definition) is 1. The molecule has 1 saturated heterocycles. The molecule has 2 heterocycles. The zero-order valence-electron chi connectivity index (χ0n) is 13.5. The fraction of sp³-hybridized carbons (Fsp3) is 0.412. The minimum Gasteiger partial charge on any atom is -0.385 e. The molecule has 0 unspecified atom stereocenters. The molecule has 8 heteroatoms. The number of thiazole rings is 1. The SMILES string of the molecule is Cc1ncsc1C(=O)N1CCC(O)(c2cccc(C(F)(F)F)c2)CC1. The molecule has 1 amide bonds. The molecule has 0 bridgehead atoms. The molecule has 0 radical (unpaired) electrons. The van der Waals surface area contributed by atoms with Crippen LogP contribution < -0.4 is 0 Å². The molecule has 1 aromatic heterocycles. The number of likely N-dealkylation sites (tertiary alicyclic amines) is 1. The van der Waals surface area contributed by atoms with E-state index in [1.165, 1.54) is 23.5 Å². The number of carbonyl (C=O) groups excluding carboxylic acids is 1. The van der Waals surface area contributed by atoms with Crippen LogP contribution in [0.25, 0.3) is 0 Å². The fourth-order valence-corrected chi connectivity index (χ4v) is 3.77. The number of halogens is 3. The molecule has 1 aliphatic rings. The van der Waals surface area contributed by atoms with Gasteiger partial charge in [-0.1, -0.05) is 12.1 Å². The third-order valence-corrected chi connectivity index (χ3v) is 5.46. The molecule has 0 saturated carbocycles. The summed E-state index contributed by atoms with van der Waals surface area (Å²) in [6.07, 6.45) is -4.07. The summed E-state index contributed by atoms with van der Waals surface area (Å²) in [6, 6.07) is 4.78. The monoisotopic (exact) mass is 370 g/mol. The van der Waals surface area contributed by atoms with Gasteiger partial charge in [-0.2, -0.15) is 13.2 Å². The van der Waals surface area contributed by atoms with Gasteiger partial charge in [0.2, 0.25) is 0 Å². The van der Waals surface area contributed by atoms with Crippen LogP contribution >= 0.6 is 11.3 Å². The van der Waals surface area contributed by atoms with Gasteiger partial charge in [-0.25, -0.2) is 4.98 Å². The van der Waals surface area contributed by atoms with Gasteiger partial charge in [-0.15, -0.1) is 11.3 Å². The predicted molar refractivity (Wildman–Crippen MR) is 87.3 cm³/mol. The van der Waals surface area contributed by atoms with Gasteiger partial charge in [0.25, 0.3) is 5.91 Å². The van der Waals surface area contributed by atoms with Crippen LogP contribution in [-0.4, -0.2) is 34.0 Å². The van der Waals surface area contributed by atoms with E-state index < -0.39 is 17.3 Å². The van der Waals surface area contributed by atoms with Crippen molar-refractivity contribution in [1.29, 1.82) is 0 Å². The van der Waals surface area contributed by atoms with Gasteiger partial charge in [0.1, 0.15) is 4.88 Å². The third-order valence-electron chi connectivity index (χ3n) is 4.54. The Kier molecular flexibility index (Phi) is 4.59. The van der Waals surface area contributed by atoms with Crippen molar-refractivity contribution in [2.24, 2.45) is 0 Å². The van der Waals surface area contributed by atoms with Crippen LogP contribution in [-0.2, 0) is 11.8 Å². The number of benzene rings is 1. The Balaban J connectivity index is 1.75. The predicted octanol–water partition coefficient (Wildman–Crippen LogP) is 3.59. The Labute approximate surface area is 146 Å². The third kappa shape index (κ3) is 3.55. The van der Waals surface area contributed by atoms with Gasteiger partial charge in [0, 0.05) is 13.1 Å². The number of aromatic nitrogens is 1. The van der Waals surface area contributed by atoms with Crippen LogP contribution in [0, 0.1) is 6.92 Å². The van der Waals surface area contributed by atoms with Gasteiger partial charge in [-0.3, -0.25) is 4.79 Å². The lowest BCUT2D eigenvalue weighted by molar-refractivity contribution is -0.137. The summed E-state index contributed by atoms with van der Waals surface area (Å²) >= 11 is 1.26. The molecule has 0 atom stereocenters. The molecule has 1 fully saturated rings. The van der Waals surface area contributed by atoms with Crippen molar-refractivity contribution in [3.63, 3.8) is 0 Å². The topological polar surface area (TPSA) is 53.4 Å². The Morgan fingerprint density at radius 3 is 2.56 bits per heavy atom. The van der Waals surface area contributed by atoms with Crippen molar-refractivity contribution < 1.29 is 23.1 Å². The normalized spacial score (nSPS) is 17.6. The van der Waals surface area contributed by atoms with Crippen molar-refractivity contribution in [3.8, 4) is 0 Å². The largest absolute Gasteiger partial charge is 0.416 e. The molecule has 0 spiro atoms. The highest BCUT2D eigenvalue weighted by Crippen LogP contribution is 2.37. The maximum atomic E-state index is 12.9. The average Bonchev–Trinajstić information content (AvgIpc) is 3.00. The lowest BCUT2D eigenvalue weighted by Crippen LogP contribution is -2.45. The minimum absolute atomic E-state index is 0.147. The first-order valence-electron chi connectivity index (χ1n) is 7.80. The molecule has 2 aromatic rings. The molecule has 0 aliphatic carbocycles. The van der Waals surface area contributed by atoms with Crippen LogP contribution in [0.1, 0.15) is 39.3 Å². The van der Waals surface area contributed by atoms with E-state index in [0.29, 0.717) is 10.6 Å². The summed E-state index contributed by atoms with van der Waals surface area (Å²) in [4.78, 5) is 18.7. The van der Waals surface area contributed by atoms with E-state index in [9.17, 15) is 23.1 Å². The number of alkyl halides is 3. The summed E-state index contributed by atoms with van der Waals surface area (Å²) in [6.45, 7) is 2.32. The van der Waals surface area contributed by atoms with Crippen LogP contribution in [0.5, 0.6) is 0 Å². The van der Waals surface area contributed by atoms with Crippen molar-refractivity contribution in [1.82, 2.24) is 9.88 Å². The van der Waals surface area contributed by atoms with E-state index in [2.05, 4.69) is 4.98 Å². The second kappa shape index (κ2) is 6.42. The van der Waals surface area contributed by atoms with E-state index in [1.54, 1.807) is 17.3 Å². The number of rotatable bonds is 2. The number of hydrogen-bond acceptors (Lipinski definition) is 4. The molecule has 3 rings (SSSR count). The summed E-state index contributed by atoms with van der Waals surface area (Å²) < 4.78 is 38.7. The maximum Gasteiger partial charge on any atom is 0.416 e. The van der Waals surface area contributed by atoms with Crippen molar-refractivity contribution in [2.45, 2.75) is 31.5 Å². The number of amides is 1. The first-order chi connectivity index (χ1) is 11.7. The van der Waals surface area contributed by atoms with E-state index in [4.69, 9.17) is 0 Å². The lowest BCUT2D eigenvalue weighted by atomic mass is 9.83. The molecule has 4 nitrogen and oxygen atoms in total. The molecule has 25 heavy (non-hydrogen) atoms. The Bertz CT molecular complexity index is 780. The van der Waals surface area contributed by atoms with Gasteiger partial charge in [0.15, 0.2) is 0 Å². The first kappa shape index (κ1) is 17.9. The standard InChI is InChI=1S/C17H17F3N2O2S/c1-11-14(25-10-21-11)15(23)22-7-5-16(24,6-8-22)12-3-2-4-13(9-12)17(18,19)20/h2-4,9-10,24H,5-8H2,1H3. The van der Waals surface area contributed by atoms with E-state index >= 15 is 0 Å². The number of piperidine rings is 1. The molecule has 1 aliphatic heterocycles. The summed E-state index contributed by atoms with van der Waals surface area (Å²) in [5, 5.41) is 10.8. The molecule has 1 aromatic carbocycles. The quantitative estimate of drug-likeness (QED) is 0.879. The number of aliphatic hydroxyl groups is 1. The first-order valence-corrected chi connectivity index (χ1v) is 8.68. The highest BCUT2D eigenvalue weighted by atomic mass is 32.1. The second-order valence-corrected chi connectivity index (χ2v) is 7.02. The Morgan fingerprint density at radius 1 is 1.32 bits per heavy atom. The maximum absolute atomic E-state index is 12.9. The molecule has 1 N–H and O–H groups in total. The highest BCUT2D eigenvalue weighted by Gasteiger charge is 2.38. The highest BCUT2D eigenvalue weighted by molar-refractivity contribution is 7.11. The Morgan fingerprint density at radius 2 is 2.00 bits per heavy atom. The van der Waals surface area contributed by atoms with Crippen LogP contribution in [0.3, 0.4) is 0 Å². The van der Waals surface area contributed by atoms with E-state index in [1.807, 2.05) is 0 Å². The van der Waals surface area contributed by atoms with Crippen molar-refractivity contribution in [2.75, 3.05) is 13.1 Å². The summed E-state index contributed by atoms with van der Waals surface area (Å²) in [7, 11) is 0. The second-order valence-electron chi connectivity index (χ2n) is 6.17. The van der Waals surface area contributed by atoms with Gasteiger partial charge < -0.3 is 10.0 Å². The number of aryl methyl sites for hydroxylation is 1. The zero-order valence-corrected chi connectivity index (χ0v) is 14.3. The van der Waals surface area contributed by atoms with Crippen molar-refractivity contribution >= 4 is 17.2 Å². The van der Waals surface area contributed by atoms with Gasteiger partial charge >= 0.3 is 6.18 Å². The number of nitrogens with zero attached hydrogens (tertiary/aromatic N) is 2. The minimum atomic E-state index is -4.45. The van der Waals surface area contributed by atoms with Gasteiger partial charge in [0.05, 0.1) is 22.4 Å². The number of carbonyl (C=O) groups is 1. The average molecular weight is 370 g/mol. The van der Waals surface area contributed by atoms with Crippen LogP contribution in [0.15, 0.2) is 29.8 Å². The van der Waals surface area contributed by atoms with Crippen LogP contribution in [0.2, 0.25) is 0 Å². The molecular weight excluding hydrogens is 353 g/mol. The van der Waals surface area contributed by atoms with Gasteiger partial charge in [-0.05, 0) is 37.5 Å². The molecule has 134 valence electrons. The van der Waals surface area contributed by atoms with Crippen molar-refractivity contribution in [3.05, 3.63) is 51.5 Å². The smallest absolute Gasteiger partial charge is 0.385 e. The molecular formula is C17H17F3N2O2S. The Hall–Kier alpha value is -1.93. The van der Waals surface area contributed by atoms with E-state index in [0.717, 1.165) is 12.1 Å². The lowest BCUT2D eigenvalue weighted by Gasteiger charge is -2.38. The van der Waals surface area contributed by atoms with E-state index in [-0.39, 0.29) is 37.4 Å². The fourth-order valence-electron chi connectivity index (χ4n) is 3.00. The van der Waals surface area contributed by atoms with Crippen LogP contribution in [0.4, 0.5) is 13.2 Å². The zero-order chi connectivity index (χ0) is 18.2. The summed E-state index contributed by atoms with van der Waals surface area (Å²) in [5.74, 6) is -0.147. The summed E-state index contributed by atoms with van der Waals surface area (Å²) in [5.41, 5.74) is 0.362.